The van der Waals surface area contributed by atoms with Crippen molar-refractivity contribution >= 4 is 11.5 Å². The Balaban J connectivity index is 1.60. The topological polar surface area (TPSA) is 85.9 Å². The van der Waals surface area contributed by atoms with Crippen LogP contribution >= 0.6 is 0 Å². The van der Waals surface area contributed by atoms with E-state index in [1.165, 1.54) is 17.3 Å². The van der Waals surface area contributed by atoms with Gasteiger partial charge in [-0.2, -0.15) is 5.10 Å². The van der Waals surface area contributed by atoms with Crippen molar-refractivity contribution in [3.05, 3.63) is 81.8 Å². The molecule has 26 heavy (non-hydrogen) atoms. The van der Waals surface area contributed by atoms with E-state index < -0.39 is 4.92 Å². The van der Waals surface area contributed by atoms with Crippen LogP contribution in [0.1, 0.15) is 35.7 Å². The Kier molecular flexibility index (Phi) is 4.35. The van der Waals surface area contributed by atoms with Gasteiger partial charge in [0.15, 0.2) is 0 Å². The molecule has 7 heteroatoms. The van der Waals surface area contributed by atoms with Gasteiger partial charge in [-0.3, -0.25) is 14.8 Å². The quantitative estimate of drug-likeness (QED) is 0.560. The van der Waals surface area contributed by atoms with Crippen molar-refractivity contribution in [2.75, 3.05) is 5.32 Å². The minimum atomic E-state index is -0.405. The van der Waals surface area contributed by atoms with Gasteiger partial charge in [0.05, 0.1) is 23.7 Å². The second-order valence-corrected chi connectivity index (χ2v) is 6.41. The van der Waals surface area contributed by atoms with Crippen molar-refractivity contribution in [2.45, 2.75) is 31.8 Å². The first kappa shape index (κ1) is 16.3. The fraction of sp³-hybridized carbons (Fsp3) is 0.263. The molecule has 0 saturated carbocycles. The average molecular weight is 349 g/mol. The van der Waals surface area contributed by atoms with Gasteiger partial charge in [0.1, 0.15) is 0 Å². The van der Waals surface area contributed by atoms with E-state index in [9.17, 15) is 10.1 Å². The number of aromatic nitrogens is 3. The number of hydrogen-bond acceptors (Lipinski definition) is 5. The number of anilines is 1. The molecule has 1 aliphatic carbocycles. The van der Waals surface area contributed by atoms with Gasteiger partial charge in [-0.25, -0.2) is 4.98 Å². The third kappa shape index (κ3) is 3.15. The number of nitrogens with one attached hydrogen (secondary N) is 1. The van der Waals surface area contributed by atoms with Crippen LogP contribution in [0.25, 0.3) is 0 Å². The summed E-state index contributed by atoms with van der Waals surface area (Å²) < 4.78 is 2.03. The summed E-state index contributed by atoms with van der Waals surface area (Å²) in [5, 5.41) is 19.0. The molecule has 0 spiro atoms. The molecule has 1 aromatic carbocycles. The minimum absolute atomic E-state index is 0.00343. The second-order valence-electron chi connectivity index (χ2n) is 6.41. The van der Waals surface area contributed by atoms with E-state index in [0.717, 1.165) is 31.4 Å². The van der Waals surface area contributed by atoms with Crippen LogP contribution in [0.5, 0.6) is 0 Å². The highest BCUT2D eigenvalue weighted by atomic mass is 16.6. The van der Waals surface area contributed by atoms with Crippen molar-refractivity contribution in [1.82, 2.24) is 14.8 Å². The summed E-state index contributed by atoms with van der Waals surface area (Å²) in [7, 11) is 0. The Morgan fingerprint density at radius 2 is 2.08 bits per heavy atom. The molecule has 1 atom stereocenters. The van der Waals surface area contributed by atoms with Crippen LogP contribution in [-0.4, -0.2) is 19.7 Å². The Bertz CT molecular complexity index is 923. The molecule has 4 rings (SSSR count). The SMILES string of the molecule is O=[N+]([O-])c1cccnc1NC1CCCc2c1cnn2Cc1ccccc1. The maximum atomic E-state index is 11.2. The maximum absolute atomic E-state index is 11.2. The molecule has 2 aromatic heterocycles. The van der Waals surface area contributed by atoms with Crippen LogP contribution < -0.4 is 5.32 Å². The largest absolute Gasteiger partial charge is 0.357 e. The molecule has 132 valence electrons. The van der Waals surface area contributed by atoms with E-state index in [0.29, 0.717) is 5.82 Å². The molecule has 0 aliphatic heterocycles. The third-order valence-electron chi connectivity index (χ3n) is 4.73. The van der Waals surface area contributed by atoms with Gasteiger partial charge in [0.25, 0.3) is 0 Å². The van der Waals surface area contributed by atoms with Crippen LogP contribution in [0.15, 0.2) is 54.9 Å². The summed E-state index contributed by atoms with van der Waals surface area (Å²) in [4.78, 5) is 15.0. The van der Waals surface area contributed by atoms with Crippen LogP contribution in [0.3, 0.4) is 0 Å². The number of pyridine rings is 1. The summed E-state index contributed by atoms with van der Waals surface area (Å²) in [6, 6.07) is 13.3. The first-order valence-electron chi connectivity index (χ1n) is 8.67. The molecule has 2 heterocycles. The van der Waals surface area contributed by atoms with Gasteiger partial charge >= 0.3 is 5.69 Å². The molecule has 0 bridgehead atoms. The zero-order valence-electron chi connectivity index (χ0n) is 14.2. The minimum Gasteiger partial charge on any atom is -0.357 e. The number of fused-ring (bicyclic) bond motifs is 1. The molecule has 1 unspecified atom stereocenters. The van der Waals surface area contributed by atoms with Crippen molar-refractivity contribution < 1.29 is 4.92 Å². The molecule has 0 fully saturated rings. The zero-order chi connectivity index (χ0) is 17.9. The smallest absolute Gasteiger partial charge is 0.311 e. The first-order valence-corrected chi connectivity index (χ1v) is 8.67. The van der Waals surface area contributed by atoms with E-state index in [1.807, 2.05) is 29.1 Å². The van der Waals surface area contributed by atoms with Gasteiger partial charge in [-0.05, 0) is 30.9 Å². The van der Waals surface area contributed by atoms with Crippen LogP contribution in [-0.2, 0) is 13.0 Å². The zero-order valence-corrected chi connectivity index (χ0v) is 14.2. The highest BCUT2D eigenvalue weighted by Crippen LogP contribution is 2.34. The standard InChI is InChI=1S/C19H19N5O2/c25-24(26)18-10-5-11-20-19(18)22-16-8-4-9-17-15(16)12-21-23(17)13-14-6-2-1-3-7-14/h1-3,5-7,10-12,16H,4,8-9,13H2,(H,20,22). The lowest BCUT2D eigenvalue weighted by molar-refractivity contribution is -0.384. The summed E-state index contributed by atoms with van der Waals surface area (Å²) in [6.07, 6.45) is 6.32. The molecule has 0 saturated heterocycles. The Morgan fingerprint density at radius 3 is 2.88 bits per heavy atom. The second kappa shape index (κ2) is 6.95. The van der Waals surface area contributed by atoms with E-state index in [4.69, 9.17) is 0 Å². The fourth-order valence-corrected chi connectivity index (χ4v) is 3.48. The van der Waals surface area contributed by atoms with E-state index >= 15 is 0 Å². The van der Waals surface area contributed by atoms with Crippen molar-refractivity contribution in [3.63, 3.8) is 0 Å². The number of rotatable bonds is 5. The summed E-state index contributed by atoms with van der Waals surface area (Å²) >= 11 is 0. The third-order valence-corrected chi connectivity index (χ3v) is 4.73. The summed E-state index contributed by atoms with van der Waals surface area (Å²) in [5.41, 5.74) is 3.49. The number of hydrogen-bond donors (Lipinski definition) is 1. The molecule has 0 radical (unpaired) electrons. The number of benzene rings is 1. The predicted molar refractivity (Wildman–Crippen MR) is 98.0 cm³/mol. The van der Waals surface area contributed by atoms with Gasteiger partial charge in [0.2, 0.25) is 5.82 Å². The van der Waals surface area contributed by atoms with Gasteiger partial charge in [-0.1, -0.05) is 30.3 Å². The molecule has 1 N–H and O–H groups in total. The monoisotopic (exact) mass is 349 g/mol. The van der Waals surface area contributed by atoms with Gasteiger partial charge in [-0.15, -0.1) is 0 Å². The maximum Gasteiger partial charge on any atom is 0.311 e. The summed E-state index contributed by atoms with van der Waals surface area (Å²) in [6.45, 7) is 0.729. The molecule has 0 amide bonds. The lowest BCUT2D eigenvalue weighted by atomic mass is 9.93. The Morgan fingerprint density at radius 1 is 1.23 bits per heavy atom. The van der Waals surface area contributed by atoms with Crippen LogP contribution in [0.2, 0.25) is 0 Å². The molecule has 7 nitrogen and oxygen atoms in total. The van der Waals surface area contributed by atoms with Crippen molar-refractivity contribution in [1.29, 1.82) is 0 Å². The van der Waals surface area contributed by atoms with Crippen molar-refractivity contribution in [3.8, 4) is 0 Å². The van der Waals surface area contributed by atoms with E-state index in [2.05, 4.69) is 27.5 Å². The molecular formula is C19H19N5O2. The summed E-state index contributed by atoms with van der Waals surface area (Å²) in [5.74, 6) is 0.311. The van der Waals surface area contributed by atoms with Crippen molar-refractivity contribution in [2.24, 2.45) is 0 Å². The fourth-order valence-electron chi connectivity index (χ4n) is 3.48. The number of nitrogens with zero attached hydrogens (tertiary/aromatic N) is 4. The first-order chi connectivity index (χ1) is 12.7. The Labute approximate surface area is 150 Å². The number of nitro groups is 1. The lowest BCUT2D eigenvalue weighted by Gasteiger charge is -2.24. The lowest BCUT2D eigenvalue weighted by Crippen LogP contribution is -2.19. The predicted octanol–water partition coefficient (Wildman–Crippen LogP) is 3.72. The molecular weight excluding hydrogens is 330 g/mol. The highest BCUT2D eigenvalue weighted by molar-refractivity contribution is 5.56. The Hall–Kier alpha value is -3.22. The average Bonchev–Trinajstić information content (AvgIpc) is 3.07. The van der Waals surface area contributed by atoms with Crippen LogP contribution in [0.4, 0.5) is 11.5 Å². The van der Waals surface area contributed by atoms with E-state index in [-0.39, 0.29) is 11.7 Å². The van der Waals surface area contributed by atoms with E-state index in [1.54, 1.807) is 12.3 Å². The van der Waals surface area contributed by atoms with Gasteiger partial charge in [0, 0.05) is 23.5 Å². The van der Waals surface area contributed by atoms with Gasteiger partial charge < -0.3 is 5.32 Å². The molecule has 3 aromatic rings. The highest BCUT2D eigenvalue weighted by Gasteiger charge is 2.26. The normalized spacial score (nSPS) is 16.1. The molecule has 1 aliphatic rings. The van der Waals surface area contributed by atoms with Crippen LogP contribution in [0, 0.1) is 10.1 Å².